The van der Waals surface area contributed by atoms with Crippen molar-refractivity contribution >= 4 is 21.4 Å². The van der Waals surface area contributed by atoms with Gasteiger partial charge in [-0.05, 0) is 32.0 Å². The predicted octanol–water partition coefficient (Wildman–Crippen LogP) is 2.85. The fraction of sp³-hybridized carbons (Fsp3) is 0.286. The molecule has 4 nitrogen and oxygen atoms in total. The van der Waals surface area contributed by atoms with E-state index >= 15 is 0 Å². The van der Waals surface area contributed by atoms with Gasteiger partial charge in [0.15, 0.2) is 0 Å². The zero-order valence-corrected chi connectivity index (χ0v) is 13.3. The molecule has 108 valence electrons. The minimum absolute atomic E-state index is 0.212. The van der Waals surface area contributed by atoms with Crippen LogP contribution in [0.5, 0.6) is 5.75 Å². The normalized spacial score (nSPS) is 11.6. The van der Waals surface area contributed by atoms with Gasteiger partial charge in [-0.1, -0.05) is 17.7 Å². The molecular formula is C14H17NO3S2. The molecule has 0 unspecified atom stereocenters. The summed E-state index contributed by atoms with van der Waals surface area (Å²) >= 11 is 1.26. The Morgan fingerprint density at radius 2 is 1.95 bits per heavy atom. The van der Waals surface area contributed by atoms with Gasteiger partial charge in [-0.3, -0.25) is 0 Å². The molecule has 1 heterocycles. The molecule has 0 radical (unpaired) electrons. The highest BCUT2D eigenvalue weighted by atomic mass is 32.2. The van der Waals surface area contributed by atoms with Crippen LogP contribution in [0, 0.1) is 13.8 Å². The number of hydrogen-bond donors (Lipinski definition) is 1. The first-order valence-electron chi connectivity index (χ1n) is 6.12. The van der Waals surface area contributed by atoms with Crippen LogP contribution in [0.3, 0.4) is 0 Å². The van der Waals surface area contributed by atoms with Crippen LogP contribution in [-0.4, -0.2) is 15.5 Å². The monoisotopic (exact) mass is 311 g/mol. The minimum atomic E-state index is -3.46. The fourth-order valence-corrected chi connectivity index (χ4v) is 4.18. The third-order valence-electron chi connectivity index (χ3n) is 2.87. The molecule has 0 bridgehead atoms. The summed E-state index contributed by atoms with van der Waals surface area (Å²) in [6.45, 7) is 4.05. The van der Waals surface area contributed by atoms with E-state index in [0.29, 0.717) is 9.96 Å². The molecule has 6 heteroatoms. The van der Waals surface area contributed by atoms with Crippen molar-refractivity contribution in [2.45, 2.75) is 24.6 Å². The molecule has 0 aliphatic carbocycles. The second-order valence-corrected chi connectivity index (χ2v) is 7.79. The smallest absolute Gasteiger partial charge is 0.250 e. The summed E-state index contributed by atoms with van der Waals surface area (Å²) in [6, 6.07) is 9.11. The highest BCUT2D eigenvalue weighted by Gasteiger charge is 2.16. The van der Waals surface area contributed by atoms with Crippen LogP contribution in [0.2, 0.25) is 0 Å². The Bertz CT molecular complexity index is 705. The molecule has 0 atom stereocenters. The van der Waals surface area contributed by atoms with Crippen LogP contribution in [0.15, 0.2) is 34.5 Å². The summed E-state index contributed by atoms with van der Waals surface area (Å²) in [5.41, 5.74) is 1.89. The van der Waals surface area contributed by atoms with Crippen molar-refractivity contribution in [3.63, 3.8) is 0 Å². The van der Waals surface area contributed by atoms with Crippen molar-refractivity contribution in [3.05, 3.63) is 46.3 Å². The van der Waals surface area contributed by atoms with Crippen LogP contribution in [0.1, 0.15) is 16.0 Å². The lowest BCUT2D eigenvalue weighted by Crippen LogP contribution is -2.22. The molecule has 0 spiro atoms. The van der Waals surface area contributed by atoms with Crippen molar-refractivity contribution in [2.75, 3.05) is 7.11 Å². The Hall–Kier alpha value is -1.37. The van der Waals surface area contributed by atoms with E-state index in [0.717, 1.165) is 16.0 Å². The average molecular weight is 311 g/mol. The number of methoxy groups -OCH3 is 1. The van der Waals surface area contributed by atoms with Crippen molar-refractivity contribution in [2.24, 2.45) is 0 Å². The van der Waals surface area contributed by atoms with E-state index in [-0.39, 0.29) is 6.54 Å². The van der Waals surface area contributed by atoms with Crippen LogP contribution < -0.4 is 9.46 Å². The van der Waals surface area contributed by atoms with E-state index in [1.165, 1.54) is 11.3 Å². The second kappa shape index (κ2) is 5.95. The van der Waals surface area contributed by atoms with E-state index in [4.69, 9.17) is 4.74 Å². The van der Waals surface area contributed by atoms with E-state index in [9.17, 15) is 8.42 Å². The highest BCUT2D eigenvalue weighted by molar-refractivity contribution is 7.91. The molecule has 2 aromatic rings. The average Bonchev–Trinajstić information content (AvgIpc) is 2.84. The highest BCUT2D eigenvalue weighted by Crippen LogP contribution is 2.23. The first-order valence-corrected chi connectivity index (χ1v) is 8.42. The fourth-order valence-electron chi connectivity index (χ4n) is 1.85. The van der Waals surface area contributed by atoms with E-state index < -0.39 is 10.0 Å². The van der Waals surface area contributed by atoms with E-state index in [1.807, 2.05) is 32.0 Å². The summed E-state index contributed by atoms with van der Waals surface area (Å²) in [6.07, 6.45) is 0. The van der Waals surface area contributed by atoms with Crippen LogP contribution in [-0.2, 0) is 16.6 Å². The summed E-state index contributed by atoms with van der Waals surface area (Å²) in [4.78, 5) is 0.971. The zero-order chi connectivity index (χ0) is 14.8. The largest absolute Gasteiger partial charge is 0.496 e. The second-order valence-electron chi connectivity index (χ2n) is 4.50. The van der Waals surface area contributed by atoms with Gasteiger partial charge in [-0.2, -0.15) is 0 Å². The maximum Gasteiger partial charge on any atom is 0.250 e. The maximum absolute atomic E-state index is 12.2. The topological polar surface area (TPSA) is 55.4 Å². The first kappa shape index (κ1) is 15.0. The minimum Gasteiger partial charge on any atom is -0.496 e. The molecule has 20 heavy (non-hydrogen) atoms. The van der Waals surface area contributed by atoms with Gasteiger partial charge in [0.05, 0.1) is 7.11 Å². The third-order valence-corrected chi connectivity index (χ3v) is 5.76. The lowest BCUT2D eigenvalue weighted by molar-refractivity contribution is 0.409. The summed E-state index contributed by atoms with van der Waals surface area (Å²) in [5.74, 6) is 0.681. The molecule has 1 N–H and O–H groups in total. The zero-order valence-electron chi connectivity index (χ0n) is 11.6. The van der Waals surface area contributed by atoms with Crippen LogP contribution >= 0.6 is 11.3 Å². The SMILES string of the molecule is COc1ccc(C)cc1CNS(=O)(=O)c1ccc(C)s1. The third kappa shape index (κ3) is 3.39. The summed E-state index contributed by atoms with van der Waals surface area (Å²) in [7, 11) is -1.89. The Kier molecular flexibility index (Phi) is 4.47. The number of benzene rings is 1. The van der Waals surface area contributed by atoms with Gasteiger partial charge in [-0.25, -0.2) is 13.1 Å². The molecule has 1 aromatic carbocycles. The number of aryl methyl sites for hydroxylation is 2. The quantitative estimate of drug-likeness (QED) is 0.924. The van der Waals surface area contributed by atoms with E-state index in [2.05, 4.69) is 4.72 Å². The number of thiophene rings is 1. The van der Waals surface area contributed by atoms with Crippen molar-refractivity contribution in [1.29, 1.82) is 0 Å². The predicted molar refractivity (Wildman–Crippen MR) is 80.8 cm³/mol. The Balaban J connectivity index is 2.18. The van der Waals surface area contributed by atoms with Gasteiger partial charge in [0.2, 0.25) is 10.0 Å². The van der Waals surface area contributed by atoms with Gasteiger partial charge in [-0.15, -0.1) is 11.3 Å². The lowest BCUT2D eigenvalue weighted by Gasteiger charge is -2.10. The Labute approximate surface area is 123 Å². The number of sulfonamides is 1. The molecule has 0 aliphatic rings. The van der Waals surface area contributed by atoms with Crippen molar-refractivity contribution < 1.29 is 13.2 Å². The molecule has 0 aliphatic heterocycles. The number of nitrogens with one attached hydrogen (secondary N) is 1. The Morgan fingerprint density at radius 1 is 1.20 bits per heavy atom. The molecule has 0 saturated heterocycles. The lowest BCUT2D eigenvalue weighted by atomic mass is 10.1. The standard InChI is InChI=1S/C14H17NO3S2/c1-10-4-6-13(18-3)12(8-10)9-15-20(16,17)14-7-5-11(2)19-14/h4-8,15H,9H2,1-3H3. The summed E-state index contributed by atoms with van der Waals surface area (Å²) < 4.78 is 32.5. The van der Waals surface area contributed by atoms with E-state index in [1.54, 1.807) is 19.2 Å². The molecule has 0 fully saturated rings. The van der Waals surface area contributed by atoms with Gasteiger partial charge in [0.1, 0.15) is 9.96 Å². The van der Waals surface area contributed by atoms with Crippen molar-refractivity contribution in [3.8, 4) is 5.75 Å². The van der Waals surface area contributed by atoms with Gasteiger partial charge >= 0.3 is 0 Å². The van der Waals surface area contributed by atoms with Gasteiger partial charge < -0.3 is 4.74 Å². The number of hydrogen-bond acceptors (Lipinski definition) is 4. The molecule has 2 rings (SSSR count). The van der Waals surface area contributed by atoms with Crippen LogP contribution in [0.25, 0.3) is 0 Å². The van der Waals surface area contributed by atoms with Gasteiger partial charge in [0, 0.05) is 17.0 Å². The number of ether oxygens (including phenoxy) is 1. The summed E-state index contributed by atoms with van der Waals surface area (Å²) in [5, 5.41) is 0. The molecular weight excluding hydrogens is 294 g/mol. The molecule has 0 amide bonds. The molecule has 1 aromatic heterocycles. The maximum atomic E-state index is 12.2. The molecule has 0 saturated carbocycles. The van der Waals surface area contributed by atoms with Crippen molar-refractivity contribution in [1.82, 2.24) is 4.72 Å². The first-order chi connectivity index (χ1) is 9.42. The van der Waals surface area contributed by atoms with Crippen LogP contribution in [0.4, 0.5) is 0 Å². The Morgan fingerprint density at radius 3 is 2.55 bits per heavy atom. The van der Waals surface area contributed by atoms with Gasteiger partial charge in [0.25, 0.3) is 0 Å². The number of rotatable bonds is 5.